The highest BCUT2D eigenvalue weighted by molar-refractivity contribution is 6.33. The molecule has 1 saturated carbocycles. The highest BCUT2D eigenvalue weighted by Gasteiger charge is 2.39. The third-order valence-corrected chi connectivity index (χ3v) is 7.87. The van der Waals surface area contributed by atoms with E-state index in [4.69, 9.17) is 21.3 Å². The lowest BCUT2D eigenvalue weighted by molar-refractivity contribution is -0.150. The minimum Gasteiger partial charge on any atom is -0.481 e. The van der Waals surface area contributed by atoms with Crippen molar-refractivity contribution in [3.63, 3.8) is 0 Å². The Morgan fingerprint density at radius 2 is 2.00 bits per heavy atom. The average Bonchev–Trinajstić information content (AvgIpc) is 3.20. The molecule has 1 saturated heterocycles. The number of hydrogen-bond acceptors (Lipinski definition) is 7. The summed E-state index contributed by atoms with van der Waals surface area (Å²) in [5, 5.41) is 15.9. The Morgan fingerprint density at radius 1 is 1.24 bits per heavy atom. The number of hydrogen-bond donors (Lipinski definition) is 3. The molecule has 0 radical (unpaired) electrons. The van der Waals surface area contributed by atoms with Crippen LogP contribution in [0.15, 0.2) is 18.3 Å². The molecule has 1 aliphatic carbocycles. The van der Waals surface area contributed by atoms with E-state index in [0.29, 0.717) is 56.0 Å². The van der Waals surface area contributed by atoms with E-state index in [-0.39, 0.29) is 34.7 Å². The van der Waals surface area contributed by atoms with Crippen molar-refractivity contribution in [2.75, 3.05) is 23.8 Å². The van der Waals surface area contributed by atoms with E-state index in [0.717, 1.165) is 18.6 Å². The fraction of sp³-hybridized carbons (Fsp3) is 0.520. The van der Waals surface area contributed by atoms with Gasteiger partial charge in [-0.2, -0.15) is 4.98 Å². The summed E-state index contributed by atoms with van der Waals surface area (Å²) in [5.41, 5.74) is 0.0991. The SMILES string of the molecule is C[C@@H]1COCC[C@H]1Nc1ncc2nc(Nc3c(F)cc(F)cc3Cl)n([C@H]3CC[C@](C)(C(=O)O)CC3)c2n1. The molecule has 12 heteroatoms. The number of aromatic nitrogens is 4. The number of carboxylic acids is 1. The van der Waals surface area contributed by atoms with Crippen molar-refractivity contribution in [2.45, 2.75) is 58.0 Å². The molecule has 3 aromatic rings. The van der Waals surface area contributed by atoms with Crippen LogP contribution in [0.25, 0.3) is 11.2 Å². The summed E-state index contributed by atoms with van der Waals surface area (Å²) in [6, 6.07) is 1.78. The van der Waals surface area contributed by atoms with Gasteiger partial charge in [-0.3, -0.25) is 9.36 Å². The van der Waals surface area contributed by atoms with Crippen molar-refractivity contribution in [3.8, 4) is 0 Å². The second-order valence-electron chi connectivity index (χ2n) is 10.3. The lowest BCUT2D eigenvalue weighted by atomic mass is 9.74. The van der Waals surface area contributed by atoms with E-state index in [1.54, 1.807) is 13.1 Å². The number of carboxylic acid groups (broad SMARTS) is 1. The highest BCUT2D eigenvalue weighted by atomic mass is 35.5. The van der Waals surface area contributed by atoms with Gasteiger partial charge in [0.15, 0.2) is 11.5 Å². The molecule has 2 aromatic heterocycles. The number of fused-ring (bicyclic) bond motifs is 1. The highest BCUT2D eigenvalue weighted by Crippen LogP contribution is 2.43. The Hall–Kier alpha value is -3.05. The zero-order valence-corrected chi connectivity index (χ0v) is 21.4. The number of ether oxygens (including phenoxy) is 1. The van der Waals surface area contributed by atoms with Gasteiger partial charge in [-0.05, 0) is 51.0 Å². The van der Waals surface area contributed by atoms with Gasteiger partial charge in [-0.1, -0.05) is 18.5 Å². The number of nitrogens with one attached hydrogen (secondary N) is 2. The number of aliphatic carboxylic acids is 1. The standard InChI is InChI=1S/C25H29ClF2N6O3/c1-13-12-37-8-5-18(13)30-23-29-11-19-21(33-23)34(15-3-6-25(2,7-4-15)22(35)36)24(31-19)32-20-16(26)9-14(27)10-17(20)28/h9-11,13,15,18H,3-8,12H2,1-2H3,(H,31,32)(H,35,36)(H,29,30,33)/t13-,15-,18-,25-/m1/s1. The molecule has 0 unspecified atom stereocenters. The molecule has 1 aromatic carbocycles. The van der Waals surface area contributed by atoms with Crippen molar-refractivity contribution < 1.29 is 23.4 Å². The zero-order chi connectivity index (χ0) is 26.3. The quantitative estimate of drug-likeness (QED) is 0.377. The summed E-state index contributed by atoms with van der Waals surface area (Å²) < 4.78 is 35.7. The van der Waals surface area contributed by atoms with Gasteiger partial charge in [-0.25, -0.2) is 18.7 Å². The third-order valence-electron chi connectivity index (χ3n) is 7.57. The van der Waals surface area contributed by atoms with Crippen LogP contribution in [0.4, 0.5) is 26.4 Å². The largest absolute Gasteiger partial charge is 0.481 e. The molecular formula is C25H29ClF2N6O3. The minimum absolute atomic E-state index is 0.104. The molecule has 2 aliphatic rings. The molecule has 0 spiro atoms. The first-order chi connectivity index (χ1) is 17.6. The molecular weight excluding hydrogens is 506 g/mol. The first-order valence-corrected chi connectivity index (χ1v) is 12.8. The Balaban J connectivity index is 1.54. The summed E-state index contributed by atoms with van der Waals surface area (Å²) in [5.74, 6) is -1.46. The first-order valence-electron chi connectivity index (χ1n) is 12.4. The van der Waals surface area contributed by atoms with Crippen LogP contribution in [0.5, 0.6) is 0 Å². The monoisotopic (exact) mass is 534 g/mol. The van der Waals surface area contributed by atoms with Crippen molar-refractivity contribution in [1.82, 2.24) is 19.5 Å². The van der Waals surface area contributed by atoms with Crippen molar-refractivity contribution in [1.29, 1.82) is 0 Å². The number of imidazole rings is 1. The molecule has 2 fully saturated rings. The summed E-state index contributed by atoms with van der Waals surface area (Å²) in [7, 11) is 0. The van der Waals surface area contributed by atoms with Crippen LogP contribution in [0.3, 0.4) is 0 Å². The predicted molar refractivity (Wildman–Crippen MR) is 135 cm³/mol. The summed E-state index contributed by atoms with van der Waals surface area (Å²) in [4.78, 5) is 25.6. The number of halogens is 3. The van der Waals surface area contributed by atoms with Gasteiger partial charge in [0, 0.05) is 24.8 Å². The minimum atomic E-state index is -0.854. The molecule has 3 heterocycles. The van der Waals surface area contributed by atoms with Crippen molar-refractivity contribution in [2.24, 2.45) is 11.3 Å². The summed E-state index contributed by atoms with van der Waals surface area (Å²) >= 11 is 6.15. The molecule has 3 N–H and O–H groups in total. The topological polar surface area (TPSA) is 114 Å². The van der Waals surface area contributed by atoms with Crippen molar-refractivity contribution >= 4 is 46.3 Å². The van der Waals surface area contributed by atoms with Gasteiger partial charge in [0.1, 0.15) is 11.3 Å². The summed E-state index contributed by atoms with van der Waals surface area (Å²) in [6.45, 7) is 5.17. The Labute approximate surface area is 217 Å². The van der Waals surface area contributed by atoms with E-state index in [9.17, 15) is 18.7 Å². The number of nitrogens with zero attached hydrogens (tertiary/aromatic N) is 4. The lowest BCUT2D eigenvalue weighted by Crippen LogP contribution is -2.36. The van der Waals surface area contributed by atoms with E-state index >= 15 is 0 Å². The first kappa shape index (κ1) is 25.6. The maximum atomic E-state index is 14.6. The lowest BCUT2D eigenvalue weighted by Gasteiger charge is -2.35. The molecule has 0 amide bonds. The molecule has 5 rings (SSSR count). The fourth-order valence-electron chi connectivity index (χ4n) is 5.14. The molecule has 2 atom stereocenters. The van der Waals surface area contributed by atoms with E-state index < -0.39 is 23.0 Å². The van der Waals surface area contributed by atoms with Gasteiger partial charge in [0.2, 0.25) is 11.9 Å². The van der Waals surface area contributed by atoms with Gasteiger partial charge < -0.3 is 20.5 Å². The van der Waals surface area contributed by atoms with Gasteiger partial charge >= 0.3 is 5.97 Å². The van der Waals surface area contributed by atoms with Crippen molar-refractivity contribution in [3.05, 3.63) is 35.0 Å². The van der Waals surface area contributed by atoms with Crippen LogP contribution < -0.4 is 10.6 Å². The third kappa shape index (κ3) is 5.06. The van der Waals surface area contributed by atoms with Crippen LogP contribution in [0.1, 0.15) is 52.0 Å². The molecule has 37 heavy (non-hydrogen) atoms. The number of anilines is 3. The molecule has 1 aliphatic heterocycles. The van der Waals surface area contributed by atoms with Crippen LogP contribution in [-0.4, -0.2) is 49.9 Å². The Bertz CT molecular complexity index is 1300. The number of carbonyl (C=O) groups is 1. The zero-order valence-electron chi connectivity index (χ0n) is 20.6. The maximum Gasteiger partial charge on any atom is 0.309 e. The Kier molecular flexibility index (Phi) is 6.93. The van der Waals surface area contributed by atoms with Gasteiger partial charge in [-0.15, -0.1) is 0 Å². The molecule has 198 valence electrons. The van der Waals surface area contributed by atoms with Gasteiger partial charge in [0.05, 0.1) is 28.9 Å². The second kappa shape index (κ2) is 10.0. The summed E-state index contributed by atoms with van der Waals surface area (Å²) in [6.07, 6.45) is 4.48. The van der Waals surface area contributed by atoms with Crippen LogP contribution >= 0.6 is 11.6 Å². The normalized spacial score (nSPS) is 26.2. The maximum absolute atomic E-state index is 14.6. The number of rotatable bonds is 6. The average molecular weight is 535 g/mol. The van der Waals surface area contributed by atoms with Gasteiger partial charge in [0.25, 0.3) is 0 Å². The Morgan fingerprint density at radius 3 is 2.68 bits per heavy atom. The van der Waals surface area contributed by atoms with Crippen LogP contribution in [0.2, 0.25) is 5.02 Å². The molecule has 9 nitrogen and oxygen atoms in total. The van der Waals surface area contributed by atoms with Crippen LogP contribution in [-0.2, 0) is 9.53 Å². The molecule has 0 bridgehead atoms. The van der Waals surface area contributed by atoms with E-state index in [2.05, 4.69) is 27.5 Å². The van der Waals surface area contributed by atoms with Crippen LogP contribution in [0, 0.1) is 23.0 Å². The second-order valence-corrected chi connectivity index (χ2v) is 10.7. The van der Waals surface area contributed by atoms with E-state index in [1.165, 1.54) is 0 Å². The fourth-order valence-corrected chi connectivity index (χ4v) is 5.38. The van der Waals surface area contributed by atoms with E-state index in [1.807, 2.05) is 4.57 Å². The number of benzene rings is 1. The predicted octanol–water partition coefficient (Wildman–Crippen LogP) is 5.54. The smallest absolute Gasteiger partial charge is 0.309 e.